The van der Waals surface area contributed by atoms with Crippen LogP contribution in [0.3, 0.4) is 0 Å². The maximum Gasteiger partial charge on any atom is 0.138 e. The molecule has 0 aliphatic carbocycles. The van der Waals surface area contributed by atoms with Gasteiger partial charge in [0.1, 0.15) is 23.8 Å². The van der Waals surface area contributed by atoms with E-state index in [0.717, 1.165) is 51.3 Å². The zero-order chi connectivity index (χ0) is 23.1. The summed E-state index contributed by atoms with van der Waals surface area (Å²) in [5, 5.41) is 10.3. The molecule has 6 heteroatoms. The molecule has 1 aliphatic heterocycles. The molecule has 5 rings (SSSR count). The lowest BCUT2D eigenvalue weighted by atomic mass is 9.89. The van der Waals surface area contributed by atoms with E-state index in [1.165, 1.54) is 12.1 Å². The zero-order valence-electron chi connectivity index (χ0n) is 18.3. The quantitative estimate of drug-likeness (QED) is 0.329. The average Bonchev–Trinajstić information content (AvgIpc) is 3.06. The molecule has 0 spiro atoms. The summed E-state index contributed by atoms with van der Waals surface area (Å²) in [6, 6.07) is 16.7. The fourth-order valence-corrected chi connectivity index (χ4v) is 4.64. The summed E-state index contributed by atoms with van der Waals surface area (Å²) < 4.78 is 22.0. The Labute approximate surface area is 196 Å². The molecule has 0 amide bonds. The van der Waals surface area contributed by atoms with Crippen molar-refractivity contribution >= 4 is 22.8 Å². The van der Waals surface area contributed by atoms with Crippen LogP contribution < -0.4 is 4.74 Å². The van der Waals surface area contributed by atoms with Crippen LogP contribution in [0.25, 0.3) is 11.2 Å². The molecule has 4 nitrogen and oxygen atoms in total. The Morgan fingerprint density at radius 3 is 2.79 bits per heavy atom. The van der Waals surface area contributed by atoms with E-state index in [0.29, 0.717) is 29.4 Å². The van der Waals surface area contributed by atoms with Crippen LogP contribution in [0.15, 0.2) is 60.3 Å². The number of ether oxygens (including phenoxy) is 1. The molecular formula is C27H21ClFN3O. The van der Waals surface area contributed by atoms with Gasteiger partial charge in [-0.05, 0) is 48.2 Å². The lowest BCUT2D eigenvalue weighted by Crippen LogP contribution is -2.02. The minimum atomic E-state index is -0.367. The largest absolute Gasteiger partial charge is 0.488 e. The number of benzene rings is 2. The highest BCUT2D eigenvalue weighted by atomic mass is 35.5. The standard InChI is InChI=1S/C27H21ClFN3O/c1-3-23-24(32-9-8-19(28)12-26(32)31-23)11-17-4-6-21-18(10-17)15-33-25-13-20(29)5-7-22(25)27(21)16(2)14-30/h4-10,12-13H,3,11,15H2,1-2H3. The molecule has 164 valence electrons. The molecule has 33 heavy (non-hydrogen) atoms. The summed E-state index contributed by atoms with van der Waals surface area (Å²) in [5.41, 5.74) is 8.07. The molecule has 2 aromatic carbocycles. The van der Waals surface area contributed by atoms with Crippen molar-refractivity contribution in [2.24, 2.45) is 0 Å². The van der Waals surface area contributed by atoms with Crippen molar-refractivity contribution in [3.8, 4) is 11.8 Å². The number of fused-ring (bicyclic) bond motifs is 3. The van der Waals surface area contributed by atoms with E-state index in [1.807, 2.05) is 24.4 Å². The molecule has 3 heterocycles. The van der Waals surface area contributed by atoms with E-state index in [4.69, 9.17) is 21.3 Å². The number of pyridine rings is 1. The van der Waals surface area contributed by atoms with E-state index in [9.17, 15) is 9.65 Å². The van der Waals surface area contributed by atoms with Gasteiger partial charge in [0, 0.05) is 52.2 Å². The van der Waals surface area contributed by atoms with Gasteiger partial charge in [0.25, 0.3) is 0 Å². The summed E-state index contributed by atoms with van der Waals surface area (Å²) in [7, 11) is 0. The van der Waals surface area contributed by atoms with E-state index < -0.39 is 0 Å². The molecule has 0 N–H and O–H groups in total. The fourth-order valence-electron chi connectivity index (χ4n) is 4.49. The van der Waals surface area contributed by atoms with Crippen molar-refractivity contribution in [2.75, 3.05) is 0 Å². The Kier molecular flexibility index (Phi) is 5.39. The number of halogens is 2. The number of hydrogen-bond donors (Lipinski definition) is 0. The van der Waals surface area contributed by atoms with Crippen LogP contribution in [0.2, 0.25) is 5.02 Å². The van der Waals surface area contributed by atoms with Crippen LogP contribution in [0.5, 0.6) is 5.75 Å². The molecule has 0 saturated carbocycles. The third-order valence-electron chi connectivity index (χ3n) is 6.05. The molecule has 2 aromatic heterocycles. The van der Waals surface area contributed by atoms with Gasteiger partial charge in [-0.2, -0.15) is 5.26 Å². The van der Waals surface area contributed by atoms with E-state index in [-0.39, 0.29) is 5.82 Å². The van der Waals surface area contributed by atoms with Crippen LogP contribution in [-0.2, 0) is 19.4 Å². The van der Waals surface area contributed by atoms with Crippen LogP contribution in [-0.4, -0.2) is 9.38 Å². The molecule has 4 aromatic rings. The molecule has 0 unspecified atom stereocenters. The smallest absolute Gasteiger partial charge is 0.138 e. The van der Waals surface area contributed by atoms with Gasteiger partial charge in [-0.25, -0.2) is 9.37 Å². The molecule has 0 fully saturated rings. The molecule has 0 saturated heterocycles. The summed E-state index contributed by atoms with van der Waals surface area (Å²) >= 11 is 6.16. The molecule has 0 radical (unpaired) electrons. The van der Waals surface area contributed by atoms with Crippen molar-refractivity contribution < 1.29 is 9.13 Å². The predicted octanol–water partition coefficient (Wildman–Crippen LogP) is 6.52. The number of aryl methyl sites for hydroxylation is 1. The van der Waals surface area contributed by atoms with Crippen molar-refractivity contribution in [1.82, 2.24) is 9.38 Å². The number of imidazole rings is 1. The van der Waals surface area contributed by atoms with Crippen molar-refractivity contribution in [3.05, 3.63) is 105 Å². The van der Waals surface area contributed by atoms with Crippen LogP contribution in [0, 0.1) is 17.1 Å². The maximum absolute atomic E-state index is 13.9. The monoisotopic (exact) mass is 457 g/mol. The Morgan fingerprint density at radius 2 is 2.00 bits per heavy atom. The second-order valence-electron chi connectivity index (χ2n) is 8.14. The van der Waals surface area contributed by atoms with Gasteiger partial charge in [-0.1, -0.05) is 36.7 Å². The lowest BCUT2D eigenvalue weighted by Gasteiger charge is -2.13. The second kappa shape index (κ2) is 8.38. The number of nitriles is 1. The first kappa shape index (κ1) is 21.2. The van der Waals surface area contributed by atoms with Crippen molar-refractivity contribution in [2.45, 2.75) is 33.3 Å². The van der Waals surface area contributed by atoms with Gasteiger partial charge in [-0.3, -0.25) is 0 Å². The third-order valence-corrected chi connectivity index (χ3v) is 6.29. The van der Waals surface area contributed by atoms with Crippen molar-refractivity contribution in [1.29, 1.82) is 5.26 Å². The van der Waals surface area contributed by atoms with Gasteiger partial charge in [-0.15, -0.1) is 0 Å². The first-order valence-corrected chi connectivity index (χ1v) is 11.2. The highest BCUT2D eigenvalue weighted by Gasteiger charge is 2.22. The fraction of sp³-hybridized carbons (Fsp3) is 0.185. The Bertz CT molecular complexity index is 1480. The van der Waals surface area contributed by atoms with Gasteiger partial charge in [0.05, 0.1) is 11.8 Å². The first-order valence-electron chi connectivity index (χ1n) is 10.8. The van der Waals surface area contributed by atoms with Crippen LogP contribution in [0.4, 0.5) is 4.39 Å². The zero-order valence-corrected chi connectivity index (χ0v) is 19.1. The van der Waals surface area contributed by atoms with Crippen LogP contribution in [0.1, 0.15) is 47.5 Å². The summed E-state index contributed by atoms with van der Waals surface area (Å²) in [4.78, 5) is 4.75. The van der Waals surface area contributed by atoms with E-state index >= 15 is 0 Å². The highest BCUT2D eigenvalue weighted by Crippen LogP contribution is 2.39. The van der Waals surface area contributed by atoms with Gasteiger partial charge in [0.2, 0.25) is 0 Å². The van der Waals surface area contributed by atoms with Crippen molar-refractivity contribution in [3.63, 3.8) is 0 Å². The molecule has 1 aliphatic rings. The Balaban J connectivity index is 1.60. The van der Waals surface area contributed by atoms with E-state index in [1.54, 1.807) is 13.0 Å². The summed E-state index contributed by atoms with van der Waals surface area (Å²) in [5.74, 6) is 0.0819. The summed E-state index contributed by atoms with van der Waals surface area (Å²) in [6.07, 6.45) is 3.46. The number of aromatic nitrogens is 2. The minimum Gasteiger partial charge on any atom is -0.488 e. The Morgan fingerprint density at radius 1 is 1.18 bits per heavy atom. The molecule has 0 atom stereocenters. The van der Waals surface area contributed by atoms with Crippen LogP contribution >= 0.6 is 11.6 Å². The Hall–Kier alpha value is -3.62. The predicted molar refractivity (Wildman–Crippen MR) is 127 cm³/mol. The second-order valence-corrected chi connectivity index (χ2v) is 8.58. The van der Waals surface area contributed by atoms with E-state index in [2.05, 4.69) is 29.5 Å². The van der Waals surface area contributed by atoms with Gasteiger partial charge < -0.3 is 9.14 Å². The maximum atomic E-state index is 13.9. The number of hydrogen-bond acceptors (Lipinski definition) is 3. The number of rotatable bonds is 3. The lowest BCUT2D eigenvalue weighted by molar-refractivity contribution is 0.305. The number of allylic oxidation sites excluding steroid dienone is 1. The normalized spacial score (nSPS) is 14.2. The average molecular weight is 458 g/mol. The third kappa shape index (κ3) is 3.77. The minimum absolute atomic E-state index is 0.297. The van der Waals surface area contributed by atoms with Gasteiger partial charge in [0.15, 0.2) is 0 Å². The molecular weight excluding hydrogens is 437 g/mol. The first-order chi connectivity index (χ1) is 16.0. The van der Waals surface area contributed by atoms with Gasteiger partial charge >= 0.3 is 0 Å². The highest BCUT2D eigenvalue weighted by molar-refractivity contribution is 6.30. The number of nitrogens with zero attached hydrogens (tertiary/aromatic N) is 3. The molecule has 0 bridgehead atoms. The summed E-state index contributed by atoms with van der Waals surface area (Å²) in [6.45, 7) is 4.17. The topological polar surface area (TPSA) is 50.3 Å². The SMILES string of the molecule is CCc1nc2cc(Cl)ccn2c1Cc1ccc2c(c1)COc1cc(F)ccc1C2=C(C)C#N.